The summed E-state index contributed by atoms with van der Waals surface area (Å²) in [4.78, 5) is 15.6. The molecule has 0 bridgehead atoms. The average Bonchev–Trinajstić information content (AvgIpc) is 2.39. The SMILES string of the molecule is O=C(COc1ccc(Br)nc1)Nc1ccccc1. The minimum Gasteiger partial charge on any atom is -0.482 e. The predicted octanol–water partition coefficient (Wildman–Crippen LogP) is 2.86. The minimum atomic E-state index is -0.205. The van der Waals surface area contributed by atoms with E-state index in [2.05, 4.69) is 26.2 Å². The maximum atomic E-state index is 11.6. The third kappa shape index (κ3) is 3.85. The van der Waals surface area contributed by atoms with Gasteiger partial charge in [-0.2, -0.15) is 0 Å². The van der Waals surface area contributed by atoms with Crippen molar-refractivity contribution in [2.75, 3.05) is 11.9 Å². The molecule has 1 N–H and O–H groups in total. The Bertz CT molecular complexity index is 514. The summed E-state index contributed by atoms with van der Waals surface area (Å²) >= 11 is 3.22. The first-order valence-electron chi connectivity index (χ1n) is 5.33. The van der Waals surface area contributed by atoms with Crippen molar-refractivity contribution in [3.8, 4) is 5.75 Å². The Balaban J connectivity index is 1.83. The van der Waals surface area contributed by atoms with Gasteiger partial charge in [0.2, 0.25) is 0 Å². The molecule has 1 heterocycles. The first kappa shape index (κ1) is 12.6. The van der Waals surface area contributed by atoms with Crippen LogP contribution in [0.15, 0.2) is 53.3 Å². The summed E-state index contributed by atoms with van der Waals surface area (Å²) in [7, 11) is 0. The van der Waals surface area contributed by atoms with Crippen LogP contribution < -0.4 is 10.1 Å². The maximum Gasteiger partial charge on any atom is 0.262 e. The molecule has 0 fully saturated rings. The van der Waals surface area contributed by atoms with Gasteiger partial charge in [0, 0.05) is 5.69 Å². The van der Waals surface area contributed by atoms with Gasteiger partial charge in [-0.05, 0) is 40.2 Å². The molecule has 0 spiro atoms. The normalized spacial score (nSPS) is 9.83. The van der Waals surface area contributed by atoms with Crippen LogP contribution in [0.1, 0.15) is 0 Å². The molecule has 1 aromatic carbocycles. The number of anilines is 1. The van der Waals surface area contributed by atoms with Crippen LogP contribution >= 0.6 is 15.9 Å². The van der Waals surface area contributed by atoms with Crippen molar-refractivity contribution in [3.05, 3.63) is 53.3 Å². The Morgan fingerprint density at radius 2 is 2.00 bits per heavy atom. The van der Waals surface area contributed by atoms with Crippen molar-refractivity contribution in [1.29, 1.82) is 0 Å². The number of rotatable bonds is 4. The fraction of sp³-hybridized carbons (Fsp3) is 0.0769. The van der Waals surface area contributed by atoms with Crippen LogP contribution in [-0.4, -0.2) is 17.5 Å². The standard InChI is InChI=1S/C13H11BrN2O2/c14-12-7-6-11(8-15-12)18-9-13(17)16-10-4-2-1-3-5-10/h1-8H,9H2,(H,16,17). The van der Waals surface area contributed by atoms with E-state index in [1.54, 1.807) is 18.3 Å². The molecule has 1 amide bonds. The van der Waals surface area contributed by atoms with Gasteiger partial charge in [0.05, 0.1) is 6.20 Å². The van der Waals surface area contributed by atoms with E-state index in [-0.39, 0.29) is 12.5 Å². The van der Waals surface area contributed by atoms with Gasteiger partial charge in [-0.3, -0.25) is 4.79 Å². The molecule has 18 heavy (non-hydrogen) atoms. The molecule has 4 nitrogen and oxygen atoms in total. The summed E-state index contributed by atoms with van der Waals surface area (Å²) < 4.78 is 6.03. The van der Waals surface area contributed by atoms with Crippen molar-refractivity contribution >= 4 is 27.5 Å². The van der Waals surface area contributed by atoms with Gasteiger partial charge in [-0.25, -0.2) is 4.98 Å². The average molecular weight is 307 g/mol. The molecule has 0 atom stereocenters. The van der Waals surface area contributed by atoms with Crippen LogP contribution in [0.4, 0.5) is 5.69 Å². The lowest BCUT2D eigenvalue weighted by atomic mass is 10.3. The van der Waals surface area contributed by atoms with E-state index in [9.17, 15) is 4.79 Å². The number of nitrogens with zero attached hydrogens (tertiary/aromatic N) is 1. The third-order valence-corrected chi connectivity index (χ3v) is 2.60. The molecule has 0 saturated heterocycles. The van der Waals surface area contributed by atoms with E-state index in [1.165, 1.54) is 0 Å². The summed E-state index contributed by atoms with van der Waals surface area (Å²) in [6.07, 6.45) is 1.56. The zero-order valence-corrected chi connectivity index (χ0v) is 11.1. The number of carbonyl (C=O) groups is 1. The van der Waals surface area contributed by atoms with Gasteiger partial charge in [-0.15, -0.1) is 0 Å². The fourth-order valence-corrected chi connectivity index (χ4v) is 1.55. The Morgan fingerprint density at radius 1 is 1.22 bits per heavy atom. The minimum absolute atomic E-state index is 0.0434. The highest BCUT2D eigenvalue weighted by molar-refractivity contribution is 9.10. The molecule has 0 radical (unpaired) electrons. The predicted molar refractivity (Wildman–Crippen MR) is 72.5 cm³/mol. The zero-order valence-electron chi connectivity index (χ0n) is 9.47. The lowest BCUT2D eigenvalue weighted by Crippen LogP contribution is -2.20. The number of carbonyl (C=O) groups excluding carboxylic acids is 1. The molecule has 2 aromatic rings. The molecular formula is C13H11BrN2O2. The van der Waals surface area contributed by atoms with Crippen molar-refractivity contribution in [3.63, 3.8) is 0 Å². The highest BCUT2D eigenvalue weighted by atomic mass is 79.9. The number of amides is 1. The third-order valence-electron chi connectivity index (χ3n) is 2.13. The van der Waals surface area contributed by atoms with Gasteiger partial charge >= 0.3 is 0 Å². The molecule has 92 valence electrons. The maximum absolute atomic E-state index is 11.6. The molecule has 0 aliphatic heterocycles. The summed E-state index contributed by atoms with van der Waals surface area (Å²) in [6.45, 7) is -0.0434. The van der Waals surface area contributed by atoms with E-state index in [0.29, 0.717) is 5.75 Å². The number of para-hydroxylation sites is 1. The second-order valence-corrected chi connectivity index (χ2v) is 4.33. The van der Waals surface area contributed by atoms with E-state index in [0.717, 1.165) is 10.3 Å². The van der Waals surface area contributed by atoms with Gasteiger partial charge in [0.1, 0.15) is 10.4 Å². The number of hydrogen-bond acceptors (Lipinski definition) is 3. The second-order valence-electron chi connectivity index (χ2n) is 3.52. The van der Waals surface area contributed by atoms with Crippen LogP contribution in [0, 0.1) is 0 Å². The van der Waals surface area contributed by atoms with Gasteiger partial charge in [0.15, 0.2) is 6.61 Å². The number of hydrogen-bond donors (Lipinski definition) is 1. The van der Waals surface area contributed by atoms with Gasteiger partial charge < -0.3 is 10.1 Å². The second kappa shape index (κ2) is 6.16. The Morgan fingerprint density at radius 3 is 2.67 bits per heavy atom. The molecule has 0 unspecified atom stereocenters. The van der Waals surface area contributed by atoms with E-state index in [4.69, 9.17) is 4.74 Å². The number of pyridine rings is 1. The number of aromatic nitrogens is 1. The van der Waals surface area contributed by atoms with E-state index in [1.807, 2.05) is 30.3 Å². The number of nitrogens with one attached hydrogen (secondary N) is 1. The topological polar surface area (TPSA) is 51.2 Å². The smallest absolute Gasteiger partial charge is 0.262 e. The number of ether oxygens (including phenoxy) is 1. The van der Waals surface area contributed by atoms with Crippen molar-refractivity contribution < 1.29 is 9.53 Å². The molecule has 5 heteroatoms. The van der Waals surface area contributed by atoms with Crippen LogP contribution in [0.25, 0.3) is 0 Å². The molecule has 1 aromatic heterocycles. The Kier molecular flexibility index (Phi) is 4.30. The quantitative estimate of drug-likeness (QED) is 0.884. The van der Waals surface area contributed by atoms with E-state index < -0.39 is 0 Å². The number of benzene rings is 1. The fourth-order valence-electron chi connectivity index (χ4n) is 1.32. The largest absolute Gasteiger partial charge is 0.482 e. The summed E-state index contributed by atoms with van der Waals surface area (Å²) in [5.41, 5.74) is 0.750. The zero-order chi connectivity index (χ0) is 12.8. The summed E-state index contributed by atoms with van der Waals surface area (Å²) in [6, 6.07) is 12.7. The highest BCUT2D eigenvalue weighted by Crippen LogP contribution is 2.12. The Hall–Kier alpha value is -1.88. The number of halogens is 1. The van der Waals surface area contributed by atoms with Gasteiger partial charge in [-0.1, -0.05) is 18.2 Å². The summed E-state index contributed by atoms with van der Waals surface area (Å²) in [5, 5.41) is 2.73. The van der Waals surface area contributed by atoms with Crippen molar-refractivity contribution in [1.82, 2.24) is 4.98 Å². The molecule has 2 rings (SSSR count). The molecule has 0 saturated carbocycles. The molecular weight excluding hydrogens is 296 g/mol. The highest BCUT2D eigenvalue weighted by Gasteiger charge is 2.03. The van der Waals surface area contributed by atoms with Crippen LogP contribution in [0.3, 0.4) is 0 Å². The van der Waals surface area contributed by atoms with Crippen LogP contribution in [0.5, 0.6) is 5.75 Å². The Labute approximate surface area is 113 Å². The van der Waals surface area contributed by atoms with Crippen molar-refractivity contribution in [2.24, 2.45) is 0 Å². The van der Waals surface area contributed by atoms with Crippen LogP contribution in [0.2, 0.25) is 0 Å². The lowest BCUT2D eigenvalue weighted by molar-refractivity contribution is -0.118. The first-order valence-corrected chi connectivity index (χ1v) is 6.12. The summed E-state index contributed by atoms with van der Waals surface area (Å²) in [5.74, 6) is 0.352. The monoisotopic (exact) mass is 306 g/mol. The van der Waals surface area contributed by atoms with E-state index >= 15 is 0 Å². The lowest BCUT2D eigenvalue weighted by Gasteiger charge is -2.07. The van der Waals surface area contributed by atoms with Crippen LogP contribution in [-0.2, 0) is 4.79 Å². The molecule has 0 aliphatic rings. The van der Waals surface area contributed by atoms with Crippen molar-refractivity contribution in [2.45, 2.75) is 0 Å². The first-order chi connectivity index (χ1) is 8.74. The molecule has 0 aliphatic carbocycles. The van der Waals surface area contributed by atoms with Gasteiger partial charge in [0.25, 0.3) is 5.91 Å².